The average molecular weight is 416 g/mol. The SMILES string of the molecule is CC(C)COc1ccc2cc(-c3noc([C@@H]4CCC[N+]4=C(N)N)n3)ccc2c1.[Cl-]. The third-order valence-electron chi connectivity index (χ3n) is 4.96. The maximum atomic E-state index is 5.81. The lowest BCUT2D eigenvalue weighted by molar-refractivity contribution is -0.555. The highest BCUT2D eigenvalue weighted by atomic mass is 35.5. The summed E-state index contributed by atoms with van der Waals surface area (Å²) >= 11 is 0. The molecule has 0 amide bonds. The van der Waals surface area contributed by atoms with E-state index >= 15 is 0 Å². The first kappa shape index (κ1) is 20.9. The minimum Gasteiger partial charge on any atom is -1.00 e. The molecule has 0 spiro atoms. The molecule has 4 N–H and O–H groups in total. The number of nitrogens with zero attached hydrogens (tertiary/aromatic N) is 3. The van der Waals surface area contributed by atoms with Crippen LogP contribution in [0.3, 0.4) is 0 Å². The van der Waals surface area contributed by atoms with Crippen LogP contribution in [0.25, 0.3) is 22.2 Å². The fraction of sp³-hybridized carbons (Fsp3) is 0.381. The van der Waals surface area contributed by atoms with E-state index in [1.54, 1.807) is 0 Å². The van der Waals surface area contributed by atoms with E-state index < -0.39 is 0 Å². The molecule has 0 aliphatic carbocycles. The van der Waals surface area contributed by atoms with E-state index in [4.69, 9.17) is 20.7 Å². The topological polar surface area (TPSA) is 103 Å². The number of guanidine groups is 1. The van der Waals surface area contributed by atoms with Crippen molar-refractivity contribution in [2.45, 2.75) is 32.7 Å². The lowest BCUT2D eigenvalue weighted by Gasteiger charge is -2.09. The van der Waals surface area contributed by atoms with Crippen LogP contribution in [0.2, 0.25) is 0 Å². The third kappa shape index (κ3) is 4.45. The minimum absolute atomic E-state index is 0. The predicted molar refractivity (Wildman–Crippen MR) is 108 cm³/mol. The van der Waals surface area contributed by atoms with Gasteiger partial charge >= 0.3 is 5.96 Å². The van der Waals surface area contributed by atoms with Gasteiger partial charge in [0.2, 0.25) is 5.82 Å². The molecule has 4 rings (SSSR count). The number of hydrogen-bond donors (Lipinski definition) is 2. The van der Waals surface area contributed by atoms with E-state index in [9.17, 15) is 0 Å². The Labute approximate surface area is 176 Å². The summed E-state index contributed by atoms with van der Waals surface area (Å²) in [7, 11) is 0. The van der Waals surface area contributed by atoms with Crippen molar-refractivity contribution in [2.75, 3.05) is 13.2 Å². The van der Waals surface area contributed by atoms with Gasteiger partial charge in [-0.2, -0.15) is 4.98 Å². The second-order valence-corrected chi connectivity index (χ2v) is 7.66. The molecule has 0 saturated carbocycles. The lowest BCUT2D eigenvalue weighted by Crippen LogP contribution is -3.00. The van der Waals surface area contributed by atoms with Crippen molar-refractivity contribution in [3.63, 3.8) is 0 Å². The van der Waals surface area contributed by atoms with Crippen molar-refractivity contribution in [3.05, 3.63) is 42.3 Å². The van der Waals surface area contributed by atoms with Crippen LogP contribution in [0.15, 0.2) is 40.9 Å². The van der Waals surface area contributed by atoms with Crippen molar-refractivity contribution in [1.29, 1.82) is 0 Å². The Morgan fingerprint density at radius 1 is 1.21 bits per heavy atom. The zero-order chi connectivity index (χ0) is 19.7. The summed E-state index contributed by atoms with van der Waals surface area (Å²) in [6, 6.07) is 12.2. The number of aromatic nitrogens is 2. The number of rotatable bonds is 5. The molecule has 1 aliphatic heterocycles. The van der Waals surface area contributed by atoms with Gasteiger partial charge in [0.25, 0.3) is 5.89 Å². The van der Waals surface area contributed by atoms with Crippen molar-refractivity contribution in [2.24, 2.45) is 17.4 Å². The van der Waals surface area contributed by atoms with E-state index in [1.807, 2.05) is 16.7 Å². The Kier molecular flexibility index (Phi) is 6.27. The van der Waals surface area contributed by atoms with Crippen molar-refractivity contribution in [1.82, 2.24) is 10.1 Å². The third-order valence-corrected chi connectivity index (χ3v) is 4.96. The average Bonchev–Trinajstić information content (AvgIpc) is 3.35. The molecule has 1 aliphatic rings. The molecular weight excluding hydrogens is 390 g/mol. The lowest BCUT2D eigenvalue weighted by atomic mass is 10.1. The second kappa shape index (κ2) is 8.69. The molecule has 8 heteroatoms. The largest absolute Gasteiger partial charge is 1.00 e. The Bertz CT molecular complexity index is 1030. The van der Waals surface area contributed by atoms with E-state index in [2.05, 4.69) is 48.3 Å². The first-order chi connectivity index (χ1) is 13.5. The van der Waals surface area contributed by atoms with Gasteiger partial charge in [-0.15, -0.1) is 0 Å². The monoisotopic (exact) mass is 415 g/mol. The van der Waals surface area contributed by atoms with E-state index in [-0.39, 0.29) is 18.4 Å². The Balaban J connectivity index is 0.00000240. The summed E-state index contributed by atoms with van der Waals surface area (Å²) in [6.45, 7) is 5.79. The van der Waals surface area contributed by atoms with Gasteiger partial charge in [0, 0.05) is 5.56 Å². The molecule has 3 aromatic rings. The quantitative estimate of drug-likeness (QED) is 0.451. The summed E-state index contributed by atoms with van der Waals surface area (Å²) < 4.78 is 13.2. The van der Waals surface area contributed by atoms with E-state index in [1.165, 1.54) is 0 Å². The van der Waals surface area contributed by atoms with Crippen LogP contribution >= 0.6 is 0 Å². The van der Waals surface area contributed by atoms with Crippen molar-refractivity contribution >= 4 is 16.7 Å². The molecule has 2 aromatic carbocycles. The molecule has 1 aromatic heterocycles. The van der Waals surface area contributed by atoms with Gasteiger partial charge in [0.1, 0.15) is 5.75 Å². The van der Waals surface area contributed by atoms with Crippen LogP contribution < -0.4 is 28.6 Å². The van der Waals surface area contributed by atoms with Crippen LogP contribution in [0.4, 0.5) is 0 Å². The first-order valence-corrected chi connectivity index (χ1v) is 9.66. The number of nitrogens with two attached hydrogens (primary N) is 2. The fourth-order valence-electron chi connectivity index (χ4n) is 3.54. The highest BCUT2D eigenvalue weighted by Gasteiger charge is 2.31. The number of fused-ring (bicyclic) bond motifs is 1. The standard InChI is InChI=1S/C21H25N5O2.ClH/c1-13(2)12-27-17-8-7-14-10-16(6-5-15(14)11-17)19-24-20(28-25-19)18-4-3-9-26(18)21(22)23;/h5-8,10-11,13,18H,3-4,9,12H2,1-2H3,(H3,22,23);1H/t18-;/m0./s1. The summed E-state index contributed by atoms with van der Waals surface area (Å²) in [5, 5.41) is 6.38. The summed E-state index contributed by atoms with van der Waals surface area (Å²) in [5.74, 6) is 2.79. The Morgan fingerprint density at radius 3 is 2.72 bits per heavy atom. The van der Waals surface area contributed by atoms with Gasteiger partial charge < -0.3 is 21.7 Å². The molecular formula is C21H26ClN5O2. The zero-order valence-electron chi connectivity index (χ0n) is 16.6. The molecule has 1 atom stereocenters. The molecule has 1 saturated heterocycles. The molecule has 7 nitrogen and oxygen atoms in total. The predicted octanol–water partition coefficient (Wildman–Crippen LogP) is 0.0494. The van der Waals surface area contributed by atoms with Crippen LogP contribution in [0, 0.1) is 5.92 Å². The summed E-state index contributed by atoms with van der Waals surface area (Å²) in [4.78, 5) is 4.60. The zero-order valence-corrected chi connectivity index (χ0v) is 17.4. The highest BCUT2D eigenvalue weighted by molar-refractivity contribution is 5.87. The van der Waals surface area contributed by atoms with Gasteiger partial charge in [-0.1, -0.05) is 37.2 Å². The van der Waals surface area contributed by atoms with Crippen LogP contribution in [0.5, 0.6) is 5.75 Å². The summed E-state index contributed by atoms with van der Waals surface area (Å²) in [5.41, 5.74) is 12.5. The van der Waals surface area contributed by atoms with Gasteiger partial charge in [0.05, 0.1) is 13.2 Å². The maximum Gasteiger partial charge on any atom is 0.341 e. The second-order valence-electron chi connectivity index (χ2n) is 7.66. The van der Waals surface area contributed by atoms with Crippen LogP contribution in [-0.4, -0.2) is 33.8 Å². The number of hydrogen-bond acceptors (Lipinski definition) is 4. The van der Waals surface area contributed by atoms with Crippen LogP contribution in [0.1, 0.15) is 38.6 Å². The maximum absolute atomic E-state index is 5.81. The molecule has 0 radical (unpaired) electrons. The summed E-state index contributed by atoms with van der Waals surface area (Å²) in [6.07, 6.45) is 1.90. The number of benzene rings is 2. The number of halogens is 1. The minimum atomic E-state index is -0.0487. The molecule has 1 fully saturated rings. The smallest absolute Gasteiger partial charge is 0.341 e. The Hall–Kier alpha value is -2.80. The Morgan fingerprint density at radius 2 is 1.97 bits per heavy atom. The van der Waals surface area contributed by atoms with Gasteiger partial charge in [-0.3, -0.25) is 16.0 Å². The molecule has 0 bridgehead atoms. The highest BCUT2D eigenvalue weighted by Crippen LogP contribution is 2.30. The first-order valence-electron chi connectivity index (χ1n) is 9.66. The molecule has 29 heavy (non-hydrogen) atoms. The van der Waals surface area contributed by atoms with E-state index in [0.717, 1.165) is 41.5 Å². The number of ether oxygens (including phenoxy) is 1. The van der Waals surface area contributed by atoms with Crippen LogP contribution in [-0.2, 0) is 0 Å². The van der Waals surface area contributed by atoms with Gasteiger partial charge in [0.15, 0.2) is 6.04 Å². The molecule has 2 heterocycles. The van der Waals surface area contributed by atoms with Crippen molar-refractivity contribution in [3.8, 4) is 17.1 Å². The van der Waals surface area contributed by atoms with Gasteiger partial charge in [-0.05, 0) is 47.7 Å². The molecule has 154 valence electrons. The van der Waals surface area contributed by atoms with E-state index in [0.29, 0.717) is 30.2 Å². The normalized spacial score (nSPS) is 16.2. The molecule has 0 unspecified atom stereocenters. The van der Waals surface area contributed by atoms with Crippen molar-refractivity contribution < 1.29 is 26.2 Å². The fourth-order valence-corrected chi connectivity index (χ4v) is 3.54. The van der Waals surface area contributed by atoms with Gasteiger partial charge in [-0.25, -0.2) is 0 Å².